The molecule has 2 rings (SSSR count). The van der Waals surface area contributed by atoms with E-state index in [0.29, 0.717) is 19.6 Å². The van der Waals surface area contributed by atoms with Gasteiger partial charge in [0.25, 0.3) is 0 Å². The molecule has 0 atom stereocenters. The monoisotopic (exact) mass is 246 g/mol. The Bertz CT molecular complexity index is 348. The largest absolute Gasteiger partial charge is 0.340 e. The van der Waals surface area contributed by atoms with Crippen molar-refractivity contribution in [3.8, 4) is 0 Å². The van der Waals surface area contributed by atoms with Crippen LogP contribution in [0.1, 0.15) is 12.8 Å². The van der Waals surface area contributed by atoms with E-state index < -0.39 is 9.84 Å². The summed E-state index contributed by atoms with van der Waals surface area (Å²) < 4.78 is 22.4. The summed E-state index contributed by atoms with van der Waals surface area (Å²) in [6.07, 6.45) is 2.53. The van der Waals surface area contributed by atoms with E-state index >= 15 is 0 Å². The van der Waals surface area contributed by atoms with E-state index in [1.165, 1.54) is 12.8 Å². The van der Waals surface area contributed by atoms with Crippen LogP contribution in [0.25, 0.3) is 0 Å². The molecule has 0 aromatic rings. The van der Waals surface area contributed by atoms with Gasteiger partial charge in [-0.15, -0.1) is 0 Å². The van der Waals surface area contributed by atoms with Crippen molar-refractivity contribution in [2.24, 2.45) is 5.92 Å². The second-order valence-corrected chi connectivity index (χ2v) is 6.91. The highest BCUT2D eigenvalue weighted by atomic mass is 32.2. The molecule has 1 saturated heterocycles. The molecule has 0 aromatic heterocycles. The molecular weight excluding hydrogens is 228 g/mol. The summed E-state index contributed by atoms with van der Waals surface area (Å²) in [5.41, 5.74) is 0. The van der Waals surface area contributed by atoms with Crippen molar-refractivity contribution in [2.75, 3.05) is 37.7 Å². The smallest absolute Gasteiger partial charge is 0.236 e. The average molecular weight is 246 g/mol. The topological polar surface area (TPSA) is 66.5 Å². The van der Waals surface area contributed by atoms with Crippen LogP contribution < -0.4 is 5.32 Å². The number of hydrogen-bond donors (Lipinski definition) is 1. The molecule has 1 aliphatic heterocycles. The summed E-state index contributed by atoms with van der Waals surface area (Å²) in [5, 5.41) is 3.12. The van der Waals surface area contributed by atoms with Crippen molar-refractivity contribution < 1.29 is 13.2 Å². The molecule has 6 heteroatoms. The molecule has 5 nitrogen and oxygen atoms in total. The highest BCUT2D eigenvalue weighted by Crippen LogP contribution is 2.27. The van der Waals surface area contributed by atoms with Crippen LogP contribution in [0, 0.1) is 5.92 Å². The zero-order valence-electron chi connectivity index (χ0n) is 9.31. The van der Waals surface area contributed by atoms with E-state index in [1.54, 1.807) is 4.90 Å². The molecule has 1 heterocycles. The van der Waals surface area contributed by atoms with Crippen molar-refractivity contribution in [1.29, 1.82) is 0 Å². The number of carbonyl (C=O) groups excluding carboxylic acids is 1. The Hall–Kier alpha value is -0.620. The van der Waals surface area contributed by atoms with Gasteiger partial charge in [-0.05, 0) is 25.3 Å². The summed E-state index contributed by atoms with van der Waals surface area (Å²) in [6.45, 7) is 1.97. The molecule has 1 saturated carbocycles. The Morgan fingerprint density at radius 2 is 1.88 bits per heavy atom. The van der Waals surface area contributed by atoms with Gasteiger partial charge in [0.15, 0.2) is 9.84 Å². The van der Waals surface area contributed by atoms with Crippen LogP contribution in [0.15, 0.2) is 0 Å². The zero-order chi connectivity index (χ0) is 11.6. The molecule has 1 N–H and O–H groups in total. The SMILES string of the molecule is O=C(CNCC1CC1)N1CCS(=O)(=O)CC1. The zero-order valence-corrected chi connectivity index (χ0v) is 10.1. The predicted octanol–water partition coefficient (Wildman–Crippen LogP) is -0.757. The Morgan fingerprint density at radius 3 is 2.44 bits per heavy atom. The molecule has 0 spiro atoms. The molecule has 0 unspecified atom stereocenters. The van der Waals surface area contributed by atoms with Gasteiger partial charge >= 0.3 is 0 Å². The third-order valence-electron chi connectivity index (χ3n) is 3.10. The van der Waals surface area contributed by atoms with Crippen LogP contribution in [0.2, 0.25) is 0 Å². The molecule has 2 fully saturated rings. The van der Waals surface area contributed by atoms with Crippen LogP contribution in [0.5, 0.6) is 0 Å². The Kier molecular flexibility index (Phi) is 3.49. The predicted molar refractivity (Wildman–Crippen MR) is 60.8 cm³/mol. The fourth-order valence-electron chi connectivity index (χ4n) is 1.78. The van der Waals surface area contributed by atoms with Crippen LogP contribution in [-0.4, -0.2) is 56.9 Å². The van der Waals surface area contributed by atoms with E-state index in [-0.39, 0.29) is 17.4 Å². The molecule has 0 bridgehead atoms. The van der Waals surface area contributed by atoms with E-state index in [9.17, 15) is 13.2 Å². The number of nitrogens with zero attached hydrogens (tertiary/aromatic N) is 1. The van der Waals surface area contributed by atoms with Gasteiger partial charge in [-0.2, -0.15) is 0 Å². The fourth-order valence-corrected chi connectivity index (χ4v) is 2.98. The van der Waals surface area contributed by atoms with Crippen molar-refractivity contribution >= 4 is 15.7 Å². The molecule has 16 heavy (non-hydrogen) atoms. The lowest BCUT2D eigenvalue weighted by atomic mass is 10.4. The summed E-state index contributed by atoms with van der Waals surface area (Å²) in [7, 11) is -2.89. The van der Waals surface area contributed by atoms with Crippen molar-refractivity contribution in [3.63, 3.8) is 0 Å². The van der Waals surface area contributed by atoms with Crippen molar-refractivity contribution in [2.45, 2.75) is 12.8 Å². The first-order chi connectivity index (χ1) is 7.57. The van der Waals surface area contributed by atoms with Crippen molar-refractivity contribution in [1.82, 2.24) is 10.2 Å². The second-order valence-electron chi connectivity index (χ2n) is 4.61. The highest BCUT2D eigenvalue weighted by Gasteiger charge is 2.25. The van der Waals surface area contributed by atoms with E-state index in [0.717, 1.165) is 12.5 Å². The highest BCUT2D eigenvalue weighted by molar-refractivity contribution is 7.91. The summed E-state index contributed by atoms with van der Waals surface area (Å²) in [4.78, 5) is 13.3. The molecule has 92 valence electrons. The minimum Gasteiger partial charge on any atom is -0.340 e. The Morgan fingerprint density at radius 1 is 1.25 bits per heavy atom. The van der Waals surface area contributed by atoms with E-state index in [2.05, 4.69) is 5.32 Å². The maximum Gasteiger partial charge on any atom is 0.236 e. The molecule has 1 aliphatic carbocycles. The Labute approximate surface area is 96.1 Å². The van der Waals surface area contributed by atoms with Gasteiger partial charge in [-0.3, -0.25) is 4.79 Å². The number of hydrogen-bond acceptors (Lipinski definition) is 4. The lowest BCUT2D eigenvalue weighted by Crippen LogP contribution is -2.47. The normalized spacial score (nSPS) is 24.4. The average Bonchev–Trinajstić information content (AvgIpc) is 3.01. The molecule has 0 aromatic carbocycles. The second kappa shape index (κ2) is 4.71. The van der Waals surface area contributed by atoms with Crippen LogP contribution in [0.4, 0.5) is 0 Å². The summed E-state index contributed by atoms with van der Waals surface area (Å²) in [6, 6.07) is 0. The quantitative estimate of drug-likeness (QED) is 0.708. The minimum atomic E-state index is -2.89. The maximum absolute atomic E-state index is 11.7. The van der Waals surface area contributed by atoms with Gasteiger partial charge in [0.2, 0.25) is 5.91 Å². The van der Waals surface area contributed by atoms with E-state index in [4.69, 9.17) is 0 Å². The molecule has 0 radical (unpaired) electrons. The van der Waals surface area contributed by atoms with Crippen molar-refractivity contribution in [3.05, 3.63) is 0 Å². The lowest BCUT2D eigenvalue weighted by Gasteiger charge is -2.26. The Balaban J connectivity index is 1.68. The van der Waals surface area contributed by atoms with Crippen LogP contribution in [-0.2, 0) is 14.6 Å². The number of sulfone groups is 1. The third kappa shape index (κ3) is 3.45. The van der Waals surface area contributed by atoms with Gasteiger partial charge in [-0.25, -0.2) is 8.42 Å². The van der Waals surface area contributed by atoms with Gasteiger partial charge in [0, 0.05) is 13.1 Å². The first kappa shape index (κ1) is 11.9. The first-order valence-corrected chi connectivity index (χ1v) is 7.58. The van der Waals surface area contributed by atoms with Gasteiger partial charge in [0.1, 0.15) is 0 Å². The minimum absolute atomic E-state index is 0.0237. The van der Waals surface area contributed by atoms with Gasteiger partial charge < -0.3 is 10.2 Å². The van der Waals surface area contributed by atoms with Gasteiger partial charge in [-0.1, -0.05) is 0 Å². The number of nitrogens with one attached hydrogen (secondary N) is 1. The van der Waals surface area contributed by atoms with Crippen LogP contribution >= 0.6 is 0 Å². The molecule has 1 amide bonds. The summed E-state index contributed by atoms with van der Waals surface area (Å²) >= 11 is 0. The fraction of sp³-hybridized carbons (Fsp3) is 0.900. The van der Waals surface area contributed by atoms with E-state index in [1.807, 2.05) is 0 Å². The number of amides is 1. The van der Waals surface area contributed by atoms with Gasteiger partial charge in [0.05, 0.1) is 18.1 Å². The first-order valence-electron chi connectivity index (χ1n) is 5.76. The number of carbonyl (C=O) groups is 1. The summed E-state index contributed by atoms with van der Waals surface area (Å²) in [5.74, 6) is 1.01. The van der Waals surface area contributed by atoms with Crippen LogP contribution in [0.3, 0.4) is 0 Å². The lowest BCUT2D eigenvalue weighted by molar-refractivity contribution is -0.129. The molecule has 2 aliphatic rings. The third-order valence-corrected chi connectivity index (χ3v) is 4.71. The maximum atomic E-state index is 11.7. The molecular formula is C10H18N2O3S. The standard InChI is InChI=1S/C10H18N2O3S/c13-10(8-11-7-9-1-2-9)12-3-5-16(14,15)6-4-12/h9,11H,1-8H2. The number of rotatable bonds is 4.